The van der Waals surface area contributed by atoms with Crippen molar-refractivity contribution in [3.63, 3.8) is 0 Å². The van der Waals surface area contributed by atoms with Crippen LogP contribution < -0.4 is 5.32 Å². The summed E-state index contributed by atoms with van der Waals surface area (Å²) in [4.78, 5) is 12.5. The van der Waals surface area contributed by atoms with Gasteiger partial charge in [-0.2, -0.15) is 0 Å². The van der Waals surface area contributed by atoms with E-state index in [0.717, 1.165) is 0 Å². The minimum absolute atomic E-state index is 0.0120. The summed E-state index contributed by atoms with van der Waals surface area (Å²) < 4.78 is 22.2. The molecular formula is C26H45NO18. The minimum atomic E-state index is -2.00. The lowest BCUT2D eigenvalue weighted by atomic mass is 9.86. The molecule has 3 rings (SSSR count). The number of hydrogen-bond acceptors (Lipinski definition) is 19. The van der Waals surface area contributed by atoms with Crippen molar-refractivity contribution in [2.45, 2.75) is 117 Å². The molecule has 2 heterocycles. The number of carbonyl (C=O) groups excluding carboxylic acids is 1. The first-order chi connectivity index (χ1) is 21.2. The summed E-state index contributed by atoms with van der Waals surface area (Å²) in [6, 6.07) is -2.20. The molecule has 14 N–H and O–H groups in total. The predicted octanol–water partition coefficient (Wildman–Crippen LogP) is -8.33. The van der Waals surface area contributed by atoms with E-state index in [0.29, 0.717) is 0 Å². The van der Waals surface area contributed by atoms with Crippen LogP contribution >= 0.6 is 0 Å². The smallest absolute Gasteiger partial charge is 0.192 e. The molecule has 0 spiro atoms. The van der Waals surface area contributed by atoms with Crippen LogP contribution in [0.25, 0.3) is 0 Å². The standard InChI is InChI=1S/C26H45NO18/c1-8-15(27-11-2-9(4-28)16(34)20(38)17(11)35)19(37)22(40)25(42-8)45-24-14(7-31)44-26(23(41)21(24)39)43-13(3-10(32)5-29)18(36)12(33)6-30/h2,8,10-17,19-35,37-41H,3-7H2,1H3/t8-,10+,11?,12?,13?,14?,15?,16?,17+,19+,20-,21?,22?,23-,24?,25?,26+/m1/s1. The number of Topliss-reactive ketones (excluding diaryl/α,β-unsaturated/α-hetero) is 1. The summed E-state index contributed by atoms with van der Waals surface area (Å²) in [5, 5.41) is 134. The highest BCUT2D eigenvalue weighted by atomic mass is 16.7. The lowest BCUT2D eigenvalue weighted by Crippen LogP contribution is -2.68. The lowest BCUT2D eigenvalue weighted by Gasteiger charge is -2.48. The van der Waals surface area contributed by atoms with Gasteiger partial charge in [0.2, 0.25) is 0 Å². The average Bonchev–Trinajstić information content (AvgIpc) is 3.03. The molecule has 3 aliphatic rings. The Labute approximate surface area is 257 Å². The van der Waals surface area contributed by atoms with Gasteiger partial charge < -0.3 is 90.6 Å². The Balaban J connectivity index is 1.71. The number of ketones is 1. The second-order valence-electron chi connectivity index (χ2n) is 11.3. The van der Waals surface area contributed by atoms with Crippen molar-refractivity contribution in [2.24, 2.45) is 0 Å². The van der Waals surface area contributed by atoms with Gasteiger partial charge in [0.15, 0.2) is 18.4 Å². The third-order valence-corrected chi connectivity index (χ3v) is 8.16. The van der Waals surface area contributed by atoms with Gasteiger partial charge in [0.25, 0.3) is 0 Å². The van der Waals surface area contributed by atoms with Crippen molar-refractivity contribution in [2.75, 3.05) is 26.4 Å². The Morgan fingerprint density at radius 1 is 0.867 bits per heavy atom. The van der Waals surface area contributed by atoms with Crippen molar-refractivity contribution in [3.8, 4) is 0 Å². The van der Waals surface area contributed by atoms with Gasteiger partial charge in [-0.05, 0) is 12.5 Å². The molecule has 0 bridgehead atoms. The highest BCUT2D eigenvalue weighted by Crippen LogP contribution is 2.31. The molecule has 19 nitrogen and oxygen atoms in total. The number of aliphatic hydroxyl groups excluding tert-OH is 13. The van der Waals surface area contributed by atoms with Gasteiger partial charge in [-0.1, -0.05) is 6.08 Å². The Morgan fingerprint density at radius 2 is 1.51 bits per heavy atom. The van der Waals surface area contributed by atoms with E-state index in [9.17, 15) is 61.0 Å². The molecule has 0 aromatic rings. The quantitative estimate of drug-likeness (QED) is 0.0770. The van der Waals surface area contributed by atoms with Gasteiger partial charge >= 0.3 is 0 Å². The third-order valence-electron chi connectivity index (χ3n) is 8.16. The maximum absolute atomic E-state index is 12.5. The van der Waals surface area contributed by atoms with E-state index in [1.165, 1.54) is 13.0 Å². The van der Waals surface area contributed by atoms with Gasteiger partial charge in [0.05, 0.1) is 50.7 Å². The summed E-state index contributed by atoms with van der Waals surface area (Å²) in [5.74, 6) is -1.13. The van der Waals surface area contributed by atoms with E-state index >= 15 is 0 Å². The average molecular weight is 660 g/mol. The van der Waals surface area contributed by atoms with Crippen molar-refractivity contribution in [1.29, 1.82) is 0 Å². The molecule has 10 unspecified atom stereocenters. The maximum Gasteiger partial charge on any atom is 0.192 e. The maximum atomic E-state index is 12.5. The van der Waals surface area contributed by atoms with Crippen molar-refractivity contribution >= 4 is 5.78 Å². The Kier molecular flexibility index (Phi) is 14.1. The molecule has 0 aromatic carbocycles. The lowest BCUT2D eigenvalue weighted by molar-refractivity contribution is -0.354. The zero-order chi connectivity index (χ0) is 33.7. The van der Waals surface area contributed by atoms with E-state index in [4.69, 9.17) is 29.2 Å². The predicted molar refractivity (Wildman–Crippen MR) is 144 cm³/mol. The monoisotopic (exact) mass is 659 g/mol. The van der Waals surface area contributed by atoms with Crippen LogP contribution in [0.1, 0.15) is 13.3 Å². The van der Waals surface area contributed by atoms with E-state index in [2.05, 4.69) is 5.32 Å². The number of hydrogen-bond donors (Lipinski definition) is 14. The van der Waals surface area contributed by atoms with Gasteiger partial charge in [0, 0.05) is 6.42 Å². The second-order valence-corrected chi connectivity index (χ2v) is 11.3. The van der Waals surface area contributed by atoms with Crippen LogP contribution in [0.5, 0.6) is 0 Å². The van der Waals surface area contributed by atoms with Gasteiger partial charge in [-0.3, -0.25) is 4.79 Å². The normalized spacial score (nSPS) is 42.9. The topological polar surface area (TPSA) is 329 Å². The first kappa shape index (κ1) is 38.1. The molecule has 0 saturated carbocycles. The van der Waals surface area contributed by atoms with Crippen LogP contribution in [-0.2, 0) is 23.7 Å². The fraction of sp³-hybridized carbons (Fsp3) is 0.885. The Hall–Kier alpha value is -1.31. The minimum Gasteiger partial charge on any atom is -0.394 e. The Morgan fingerprint density at radius 3 is 2.09 bits per heavy atom. The number of nitrogens with one attached hydrogen (secondary N) is 1. The molecule has 0 amide bonds. The largest absolute Gasteiger partial charge is 0.394 e. The van der Waals surface area contributed by atoms with E-state index in [1.807, 2.05) is 0 Å². The zero-order valence-electron chi connectivity index (χ0n) is 24.3. The van der Waals surface area contributed by atoms with Crippen LogP contribution in [0.15, 0.2) is 11.6 Å². The molecule has 262 valence electrons. The molecule has 1 aliphatic carbocycles. The molecule has 2 fully saturated rings. The van der Waals surface area contributed by atoms with Gasteiger partial charge in [-0.15, -0.1) is 0 Å². The van der Waals surface area contributed by atoms with Crippen LogP contribution in [0, 0.1) is 0 Å². The number of carbonyl (C=O) groups is 1. The number of ether oxygens (including phenoxy) is 4. The van der Waals surface area contributed by atoms with Crippen LogP contribution in [-0.4, -0.2) is 203 Å². The molecule has 17 atom stereocenters. The first-order valence-electron chi connectivity index (χ1n) is 14.4. The molecule has 45 heavy (non-hydrogen) atoms. The highest BCUT2D eigenvalue weighted by Gasteiger charge is 2.52. The summed E-state index contributed by atoms with van der Waals surface area (Å²) in [6.45, 7) is -1.84. The molecule has 0 radical (unpaired) electrons. The van der Waals surface area contributed by atoms with Crippen molar-refractivity contribution in [1.82, 2.24) is 5.32 Å². The summed E-state index contributed by atoms with van der Waals surface area (Å²) in [5.41, 5.74) is 0.0120. The van der Waals surface area contributed by atoms with Crippen LogP contribution in [0.2, 0.25) is 0 Å². The van der Waals surface area contributed by atoms with Crippen LogP contribution in [0.4, 0.5) is 0 Å². The molecule has 2 aliphatic heterocycles. The van der Waals surface area contributed by atoms with E-state index in [-0.39, 0.29) is 5.57 Å². The highest BCUT2D eigenvalue weighted by molar-refractivity contribution is 5.87. The van der Waals surface area contributed by atoms with Crippen molar-refractivity contribution in [3.05, 3.63) is 11.6 Å². The van der Waals surface area contributed by atoms with E-state index < -0.39 is 143 Å². The molecule has 19 heteroatoms. The van der Waals surface area contributed by atoms with Crippen molar-refractivity contribution < 1.29 is 90.1 Å². The van der Waals surface area contributed by atoms with E-state index in [1.54, 1.807) is 0 Å². The summed E-state index contributed by atoms with van der Waals surface area (Å²) >= 11 is 0. The van der Waals surface area contributed by atoms with Crippen LogP contribution in [0.3, 0.4) is 0 Å². The zero-order valence-corrected chi connectivity index (χ0v) is 24.3. The summed E-state index contributed by atoms with van der Waals surface area (Å²) in [6.07, 6.45) is -24.4. The third kappa shape index (κ3) is 8.59. The number of aliphatic hydroxyl groups is 13. The summed E-state index contributed by atoms with van der Waals surface area (Å²) in [7, 11) is 0. The molecular weight excluding hydrogens is 614 g/mol. The molecule has 2 saturated heterocycles. The van der Waals surface area contributed by atoms with Gasteiger partial charge in [0.1, 0.15) is 67.1 Å². The second kappa shape index (κ2) is 16.7. The SMILES string of the molecule is C[C@H]1OC(OC2C(CO)O[C@H](OC(C[C@H](O)CO)C(=O)C(O)CO)[C@H](O)C2O)C(O)[C@@H](O)C1NC1C=C(CO)C(O)[C@@H](O)[C@H]1O. The van der Waals surface area contributed by atoms with Gasteiger partial charge in [-0.25, -0.2) is 0 Å². The first-order valence-corrected chi connectivity index (χ1v) is 14.4. The Bertz CT molecular complexity index is 972. The molecule has 0 aromatic heterocycles. The fourth-order valence-corrected chi connectivity index (χ4v) is 5.45. The fourth-order valence-electron chi connectivity index (χ4n) is 5.45. The number of rotatable bonds is 14.